The predicted molar refractivity (Wildman–Crippen MR) is 115 cm³/mol. The standard InChI is InChI=1S/C22H25N5O2/c1-29-18-8-6-16(7-9-18)26-11-10-23-13-17(26)12-15-14-27-21(24-15)19-4-2-3-5-20(19)25-22(27)28/h2-9,15,17,23-24H,10-14H2,1H3. The number of piperazine rings is 1. The molecule has 0 saturated carbocycles. The average Bonchev–Trinajstić information content (AvgIpc) is 3.19. The van der Waals surface area contributed by atoms with Gasteiger partial charge in [0.05, 0.1) is 12.6 Å². The quantitative estimate of drug-likeness (QED) is 0.710. The van der Waals surface area contributed by atoms with Gasteiger partial charge in [0.25, 0.3) is 0 Å². The SMILES string of the molecule is COc1ccc(N2CCNCC2CC2Cn3c(c4ccccc4nc3=O)N2)cc1. The Bertz CT molecular complexity index is 1080. The third-order valence-corrected chi connectivity index (χ3v) is 5.93. The van der Waals surface area contributed by atoms with Crippen LogP contribution in [0.5, 0.6) is 5.75 Å². The first-order valence-electron chi connectivity index (χ1n) is 10.1. The second kappa shape index (κ2) is 7.40. The second-order valence-corrected chi connectivity index (χ2v) is 7.70. The van der Waals surface area contributed by atoms with E-state index in [9.17, 15) is 4.79 Å². The van der Waals surface area contributed by atoms with Gasteiger partial charge < -0.3 is 20.3 Å². The van der Waals surface area contributed by atoms with Crippen molar-refractivity contribution >= 4 is 22.4 Å². The van der Waals surface area contributed by atoms with E-state index < -0.39 is 0 Å². The van der Waals surface area contributed by atoms with Crippen LogP contribution in [0.25, 0.3) is 10.9 Å². The van der Waals surface area contributed by atoms with Crippen LogP contribution in [-0.2, 0) is 6.54 Å². The number of para-hydroxylation sites is 1. The van der Waals surface area contributed by atoms with Gasteiger partial charge in [-0.2, -0.15) is 4.98 Å². The third kappa shape index (κ3) is 3.31. The van der Waals surface area contributed by atoms with Gasteiger partial charge in [-0.3, -0.25) is 4.57 Å². The molecule has 1 aromatic heterocycles. The van der Waals surface area contributed by atoms with E-state index >= 15 is 0 Å². The molecule has 2 aromatic carbocycles. The summed E-state index contributed by atoms with van der Waals surface area (Å²) in [5.74, 6) is 1.76. The lowest BCUT2D eigenvalue weighted by Crippen LogP contribution is -2.53. The smallest absolute Gasteiger partial charge is 0.349 e. The minimum Gasteiger partial charge on any atom is -0.497 e. The van der Waals surface area contributed by atoms with Gasteiger partial charge >= 0.3 is 5.69 Å². The lowest BCUT2D eigenvalue weighted by Gasteiger charge is -2.39. The molecule has 2 aliphatic rings. The van der Waals surface area contributed by atoms with E-state index in [1.54, 1.807) is 11.7 Å². The Kier molecular flexibility index (Phi) is 4.60. The van der Waals surface area contributed by atoms with Crippen molar-refractivity contribution in [2.75, 3.05) is 37.0 Å². The molecule has 2 unspecified atom stereocenters. The molecule has 2 aliphatic heterocycles. The van der Waals surface area contributed by atoms with E-state index in [0.29, 0.717) is 12.6 Å². The average molecular weight is 391 g/mol. The number of aromatic nitrogens is 2. The highest BCUT2D eigenvalue weighted by molar-refractivity contribution is 5.89. The van der Waals surface area contributed by atoms with Crippen molar-refractivity contribution in [3.05, 3.63) is 59.0 Å². The van der Waals surface area contributed by atoms with Crippen molar-refractivity contribution in [3.63, 3.8) is 0 Å². The van der Waals surface area contributed by atoms with Crippen molar-refractivity contribution in [3.8, 4) is 5.75 Å². The van der Waals surface area contributed by atoms with Gasteiger partial charge in [0.1, 0.15) is 11.6 Å². The van der Waals surface area contributed by atoms with Crippen LogP contribution in [-0.4, -0.2) is 48.4 Å². The van der Waals surface area contributed by atoms with Crippen molar-refractivity contribution in [2.24, 2.45) is 0 Å². The number of anilines is 2. The first-order chi connectivity index (χ1) is 14.2. The number of rotatable bonds is 4. The van der Waals surface area contributed by atoms with E-state index in [4.69, 9.17) is 4.74 Å². The van der Waals surface area contributed by atoms with Crippen molar-refractivity contribution in [1.29, 1.82) is 0 Å². The van der Waals surface area contributed by atoms with Crippen LogP contribution in [0.3, 0.4) is 0 Å². The summed E-state index contributed by atoms with van der Waals surface area (Å²) >= 11 is 0. The van der Waals surface area contributed by atoms with Crippen LogP contribution in [0.2, 0.25) is 0 Å². The van der Waals surface area contributed by atoms with Crippen LogP contribution in [0.1, 0.15) is 6.42 Å². The summed E-state index contributed by atoms with van der Waals surface area (Å²) in [4.78, 5) is 19.2. The molecule has 0 aliphatic carbocycles. The molecule has 0 spiro atoms. The van der Waals surface area contributed by atoms with Gasteiger partial charge in [-0.15, -0.1) is 0 Å². The summed E-state index contributed by atoms with van der Waals surface area (Å²) in [6, 6.07) is 16.6. The zero-order valence-corrected chi connectivity index (χ0v) is 16.5. The molecule has 7 nitrogen and oxygen atoms in total. The Morgan fingerprint density at radius 1 is 1.17 bits per heavy atom. The van der Waals surface area contributed by atoms with Crippen molar-refractivity contribution in [1.82, 2.24) is 14.9 Å². The van der Waals surface area contributed by atoms with E-state index in [1.165, 1.54) is 5.69 Å². The predicted octanol–water partition coefficient (Wildman–Crippen LogP) is 2.07. The third-order valence-electron chi connectivity index (χ3n) is 5.93. The first kappa shape index (κ1) is 18.0. The fourth-order valence-corrected chi connectivity index (χ4v) is 4.51. The second-order valence-electron chi connectivity index (χ2n) is 7.70. The van der Waals surface area contributed by atoms with E-state index in [-0.39, 0.29) is 11.7 Å². The zero-order chi connectivity index (χ0) is 19.8. The highest BCUT2D eigenvalue weighted by Crippen LogP contribution is 2.29. The van der Waals surface area contributed by atoms with Gasteiger partial charge in [0, 0.05) is 49.3 Å². The van der Waals surface area contributed by atoms with Gasteiger partial charge in [-0.05, 0) is 42.8 Å². The van der Waals surface area contributed by atoms with Crippen LogP contribution in [0, 0.1) is 0 Å². The Hall–Kier alpha value is -3.06. The number of ether oxygens (including phenoxy) is 1. The highest BCUT2D eigenvalue weighted by atomic mass is 16.5. The summed E-state index contributed by atoms with van der Waals surface area (Å²) in [6.07, 6.45) is 0.939. The summed E-state index contributed by atoms with van der Waals surface area (Å²) in [5, 5.41) is 8.13. The van der Waals surface area contributed by atoms with Crippen LogP contribution >= 0.6 is 0 Å². The largest absolute Gasteiger partial charge is 0.497 e. The van der Waals surface area contributed by atoms with Gasteiger partial charge in [0.2, 0.25) is 0 Å². The first-order valence-corrected chi connectivity index (χ1v) is 10.1. The molecule has 0 radical (unpaired) electrons. The fraction of sp³-hybridized carbons (Fsp3) is 0.364. The number of nitrogens with zero attached hydrogens (tertiary/aromatic N) is 3. The lowest BCUT2D eigenvalue weighted by molar-refractivity contribution is 0.413. The monoisotopic (exact) mass is 391 g/mol. The molecule has 2 N–H and O–H groups in total. The summed E-state index contributed by atoms with van der Waals surface area (Å²) in [6.45, 7) is 3.50. The summed E-state index contributed by atoms with van der Waals surface area (Å²) in [7, 11) is 1.69. The van der Waals surface area contributed by atoms with Gasteiger partial charge in [-0.1, -0.05) is 12.1 Å². The van der Waals surface area contributed by atoms with Gasteiger partial charge in [0.15, 0.2) is 0 Å². The molecule has 3 heterocycles. The minimum atomic E-state index is -0.178. The molecule has 3 aromatic rings. The molecule has 1 fully saturated rings. The number of nitrogens with one attached hydrogen (secondary N) is 2. The maximum atomic E-state index is 12.5. The summed E-state index contributed by atoms with van der Waals surface area (Å²) in [5.41, 5.74) is 1.77. The molecular weight excluding hydrogens is 366 g/mol. The van der Waals surface area contributed by atoms with E-state index in [0.717, 1.165) is 48.5 Å². The van der Waals surface area contributed by atoms with Crippen molar-refractivity contribution in [2.45, 2.75) is 25.0 Å². The molecule has 1 saturated heterocycles. The molecule has 150 valence electrons. The number of benzene rings is 2. The summed E-state index contributed by atoms with van der Waals surface area (Å²) < 4.78 is 7.07. The molecule has 7 heteroatoms. The van der Waals surface area contributed by atoms with Crippen LogP contribution in [0.4, 0.5) is 11.5 Å². The maximum Gasteiger partial charge on any atom is 0.349 e. The molecule has 5 rings (SSSR count). The highest BCUT2D eigenvalue weighted by Gasteiger charge is 2.30. The zero-order valence-electron chi connectivity index (χ0n) is 16.5. The molecule has 29 heavy (non-hydrogen) atoms. The molecule has 0 bridgehead atoms. The number of hydrogen-bond acceptors (Lipinski definition) is 6. The van der Waals surface area contributed by atoms with Crippen LogP contribution in [0.15, 0.2) is 53.3 Å². The Morgan fingerprint density at radius 2 is 2.00 bits per heavy atom. The van der Waals surface area contributed by atoms with Crippen LogP contribution < -0.4 is 26.0 Å². The number of fused-ring (bicyclic) bond motifs is 3. The fourth-order valence-electron chi connectivity index (χ4n) is 4.51. The van der Waals surface area contributed by atoms with E-state index in [1.807, 2.05) is 36.4 Å². The normalized spacial score (nSPS) is 21.1. The minimum absolute atomic E-state index is 0.178. The number of hydrogen-bond donors (Lipinski definition) is 2. The lowest BCUT2D eigenvalue weighted by atomic mass is 10.0. The maximum absolute atomic E-state index is 12.5. The molecule has 2 atom stereocenters. The Labute approximate surface area is 169 Å². The Balaban J connectivity index is 1.38. The molecule has 0 amide bonds. The van der Waals surface area contributed by atoms with Gasteiger partial charge in [-0.25, -0.2) is 4.79 Å². The Morgan fingerprint density at radius 3 is 2.83 bits per heavy atom. The van der Waals surface area contributed by atoms with E-state index in [2.05, 4.69) is 32.7 Å². The molecular formula is C22H25N5O2. The van der Waals surface area contributed by atoms with Crippen molar-refractivity contribution < 1.29 is 4.74 Å². The number of methoxy groups -OCH3 is 1. The topological polar surface area (TPSA) is 71.4 Å².